The Morgan fingerprint density at radius 1 is 1.30 bits per heavy atom. The maximum absolute atomic E-state index is 11.0. The summed E-state index contributed by atoms with van der Waals surface area (Å²) in [4.78, 5) is 19.7. The van der Waals surface area contributed by atoms with E-state index in [1.54, 1.807) is 4.68 Å². The highest BCUT2D eigenvalue weighted by Gasteiger charge is 2.44. The lowest BCUT2D eigenvalue weighted by Crippen LogP contribution is -2.05. The van der Waals surface area contributed by atoms with Crippen LogP contribution in [0.4, 0.5) is 0 Å². The van der Waals surface area contributed by atoms with Gasteiger partial charge in [0.15, 0.2) is 5.82 Å². The van der Waals surface area contributed by atoms with Crippen molar-refractivity contribution in [2.45, 2.75) is 33.1 Å². The molecule has 3 rings (SSSR count). The maximum atomic E-state index is 11.0. The number of carbonyl (C=O) groups is 1. The van der Waals surface area contributed by atoms with Gasteiger partial charge >= 0.3 is 5.97 Å². The number of pyridine rings is 1. The summed E-state index contributed by atoms with van der Waals surface area (Å²) in [7, 11) is 0. The zero-order valence-corrected chi connectivity index (χ0v) is 11.7. The maximum Gasteiger partial charge on any atom is 0.307 e. The third-order valence-corrected chi connectivity index (χ3v) is 3.59. The Morgan fingerprint density at radius 3 is 2.60 bits per heavy atom. The van der Waals surface area contributed by atoms with Gasteiger partial charge in [-0.3, -0.25) is 4.79 Å². The predicted molar refractivity (Wildman–Crippen MR) is 71.8 cm³/mol. The molecule has 1 saturated carbocycles. The van der Waals surface area contributed by atoms with Crippen LogP contribution >= 0.6 is 0 Å². The number of nitrogens with zero attached hydrogens (tertiary/aromatic N) is 4. The molecule has 0 saturated heterocycles. The van der Waals surface area contributed by atoms with Crippen molar-refractivity contribution in [3.05, 3.63) is 35.0 Å². The van der Waals surface area contributed by atoms with E-state index in [1.807, 2.05) is 32.9 Å². The van der Waals surface area contributed by atoms with Crippen LogP contribution in [0.25, 0.3) is 5.82 Å². The Bertz CT molecular complexity index is 692. The van der Waals surface area contributed by atoms with Gasteiger partial charge in [0.05, 0.1) is 5.92 Å². The Labute approximate surface area is 116 Å². The molecule has 0 aliphatic heterocycles. The van der Waals surface area contributed by atoms with Crippen LogP contribution in [0.2, 0.25) is 0 Å². The van der Waals surface area contributed by atoms with Gasteiger partial charge in [-0.25, -0.2) is 9.97 Å². The van der Waals surface area contributed by atoms with Crippen LogP contribution in [0, 0.1) is 26.7 Å². The summed E-state index contributed by atoms with van der Waals surface area (Å²) in [5, 5.41) is 13.4. The van der Waals surface area contributed by atoms with Crippen LogP contribution in [-0.4, -0.2) is 30.8 Å². The summed E-state index contributed by atoms with van der Waals surface area (Å²) in [6.45, 7) is 5.62. The van der Waals surface area contributed by atoms with Gasteiger partial charge in [-0.05, 0) is 50.8 Å². The summed E-state index contributed by atoms with van der Waals surface area (Å²) in [5.74, 6) is 1.29. The van der Waals surface area contributed by atoms with Crippen molar-refractivity contribution in [2.75, 3.05) is 0 Å². The van der Waals surface area contributed by atoms with Gasteiger partial charge in [-0.1, -0.05) is 0 Å². The molecule has 20 heavy (non-hydrogen) atoms. The van der Waals surface area contributed by atoms with Gasteiger partial charge in [0.1, 0.15) is 11.6 Å². The topological polar surface area (TPSA) is 80.9 Å². The van der Waals surface area contributed by atoms with E-state index in [2.05, 4.69) is 15.1 Å². The average Bonchev–Trinajstić information content (AvgIpc) is 3.09. The normalized spacial score (nSPS) is 20.9. The Morgan fingerprint density at radius 2 is 2.05 bits per heavy atom. The van der Waals surface area contributed by atoms with E-state index in [4.69, 9.17) is 5.11 Å². The molecule has 0 aromatic carbocycles. The molecule has 1 N–H and O–H groups in total. The lowest BCUT2D eigenvalue weighted by molar-refractivity contribution is -0.138. The number of aliphatic carboxylic acids is 1. The van der Waals surface area contributed by atoms with Crippen LogP contribution in [0.15, 0.2) is 12.1 Å². The van der Waals surface area contributed by atoms with Crippen molar-refractivity contribution in [1.82, 2.24) is 19.7 Å². The highest BCUT2D eigenvalue weighted by atomic mass is 16.4. The van der Waals surface area contributed by atoms with E-state index < -0.39 is 5.97 Å². The fourth-order valence-corrected chi connectivity index (χ4v) is 2.57. The van der Waals surface area contributed by atoms with Crippen molar-refractivity contribution in [1.29, 1.82) is 0 Å². The first-order valence-electron chi connectivity index (χ1n) is 6.57. The SMILES string of the molecule is Cc1cc(C2C[C@@H]2C(=O)O)cc(-n2nc(C)nc2C)n1. The molecular weight excluding hydrogens is 256 g/mol. The molecule has 0 amide bonds. The molecule has 0 spiro atoms. The zero-order valence-electron chi connectivity index (χ0n) is 11.7. The number of hydrogen-bond acceptors (Lipinski definition) is 4. The standard InChI is InChI=1S/C14H16N4O2/c1-7-4-10(11-6-12(11)14(19)20)5-13(15-7)18-9(3)16-8(2)17-18/h4-5,11-12H,6H2,1-3H3,(H,19,20)/t11?,12-/m0/s1. The van der Waals surface area contributed by atoms with E-state index >= 15 is 0 Å². The summed E-state index contributed by atoms with van der Waals surface area (Å²) < 4.78 is 1.70. The molecule has 2 aromatic heterocycles. The monoisotopic (exact) mass is 272 g/mol. The molecule has 2 atom stereocenters. The number of carboxylic acids is 1. The molecule has 1 fully saturated rings. The zero-order chi connectivity index (χ0) is 14.4. The molecule has 1 unspecified atom stereocenters. The van der Waals surface area contributed by atoms with Crippen LogP contribution in [0.5, 0.6) is 0 Å². The second-order valence-electron chi connectivity index (χ2n) is 5.31. The van der Waals surface area contributed by atoms with Crippen LogP contribution in [0.1, 0.15) is 35.2 Å². The highest BCUT2D eigenvalue weighted by Crippen LogP contribution is 2.47. The molecule has 0 radical (unpaired) electrons. The van der Waals surface area contributed by atoms with Crippen molar-refractivity contribution < 1.29 is 9.90 Å². The Kier molecular flexibility index (Phi) is 2.81. The highest BCUT2D eigenvalue weighted by molar-refractivity contribution is 5.75. The second-order valence-corrected chi connectivity index (χ2v) is 5.31. The molecule has 6 nitrogen and oxygen atoms in total. The lowest BCUT2D eigenvalue weighted by Gasteiger charge is -2.07. The molecule has 2 heterocycles. The molecule has 1 aliphatic rings. The third kappa shape index (κ3) is 2.17. The first-order valence-corrected chi connectivity index (χ1v) is 6.57. The van der Waals surface area contributed by atoms with E-state index in [0.29, 0.717) is 18.1 Å². The number of aryl methyl sites for hydroxylation is 3. The second kappa shape index (κ2) is 4.40. The summed E-state index contributed by atoms with van der Waals surface area (Å²) in [6.07, 6.45) is 0.702. The summed E-state index contributed by atoms with van der Waals surface area (Å²) in [6, 6.07) is 3.87. The third-order valence-electron chi connectivity index (χ3n) is 3.59. The molecule has 1 aliphatic carbocycles. The minimum atomic E-state index is -0.723. The summed E-state index contributed by atoms with van der Waals surface area (Å²) in [5.41, 5.74) is 1.88. The lowest BCUT2D eigenvalue weighted by atomic mass is 10.1. The van der Waals surface area contributed by atoms with Gasteiger partial charge in [0.2, 0.25) is 0 Å². The van der Waals surface area contributed by atoms with Gasteiger partial charge in [-0.15, -0.1) is 5.10 Å². The van der Waals surface area contributed by atoms with Gasteiger partial charge in [0.25, 0.3) is 0 Å². The van der Waals surface area contributed by atoms with E-state index in [9.17, 15) is 4.79 Å². The van der Waals surface area contributed by atoms with Gasteiger partial charge in [-0.2, -0.15) is 4.68 Å². The number of carboxylic acid groups (broad SMARTS) is 1. The number of rotatable bonds is 3. The summed E-state index contributed by atoms with van der Waals surface area (Å²) >= 11 is 0. The van der Waals surface area contributed by atoms with Crippen LogP contribution in [0.3, 0.4) is 0 Å². The van der Waals surface area contributed by atoms with E-state index in [0.717, 1.165) is 17.1 Å². The molecule has 0 bridgehead atoms. The molecule has 104 valence electrons. The number of hydrogen-bond donors (Lipinski definition) is 1. The van der Waals surface area contributed by atoms with Gasteiger partial charge < -0.3 is 5.11 Å². The first-order chi connectivity index (χ1) is 9.45. The van der Waals surface area contributed by atoms with Gasteiger partial charge in [0, 0.05) is 5.69 Å². The van der Waals surface area contributed by atoms with Crippen molar-refractivity contribution >= 4 is 5.97 Å². The minimum Gasteiger partial charge on any atom is -0.481 e. The fraction of sp³-hybridized carbons (Fsp3) is 0.429. The quantitative estimate of drug-likeness (QED) is 0.921. The Hall–Kier alpha value is -2.24. The minimum absolute atomic E-state index is 0.0953. The van der Waals surface area contributed by atoms with Crippen molar-refractivity contribution in [2.24, 2.45) is 5.92 Å². The van der Waals surface area contributed by atoms with Crippen molar-refractivity contribution in [3.8, 4) is 5.82 Å². The average molecular weight is 272 g/mol. The fourth-order valence-electron chi connectivity index (χ4n) is 2.57. The van der Waals surface area contributed by atoms with Crippen LogP contribution in [-0.2, 0) is 4.79 Å². The van der Waals surface area contributed by atoms with Crippen molar-refractivity contribution in [3.63, 3.8) is 0 Å². The smallest absolute Gasteiger partial charge is 0.307 e. The first kappa shape index (κ1) is 12.8. The number of aromatic nitrogens is 4. The predicted octanol–water partition coefficient (Wildman–Crippen LogP) is 1.78. The molecular formula is C14H16N4O2. The molecule has 6 heteroatoms. The van der Waals surface area contributed by atoms with E-state index in [-0.39, 0.29) is 11.8 Å². The largest absolute Gasteiger partial charge is 0.481 e. The Balaban J connectivity index is 2.00. The van der Waals surface area contributed by atoms with Crippen LogP contribution < -0.4 is 0 Å². The molecule has 2 aromatic rings. The van der Waals surface area contributed by atoms with E-state index in [1.165, 1.54) is 0 Å².